The molecule has 0 fully saturated rings. The molecule has 100 valence electrons. The van der Waals surface area contributed by atoms with E-state index in [1.165, 1.54) is 5.56 Å². The van der Waals surface area contributed by atoms with Crippen molar-refractivity contribution in [3.05, 3.63) is 29.8 Å². The van der Waals surface area contributed by atoms with Gasteiger partial charge in [-0.15, -0.1) is 0 Å². The minimum Gasteiger partial charge on any atom is -0.396 e. The van der Waals surface area contributed by atoms with Crippen LogP contribution >= 0.6 is 0 Å². The minimum atomic E-state index is -0.319. The van der Waals surface area contributed by atoms with Crippen LogP contribution in [-0.2, 0) is 11.2 Å². The molecule has 0 aliphatic rings. The van der Waals surface area contributed by atoms with E-state index in [0.717, 1.165) is 12.1 Å². The third-order valence-corrected chi connectivity index (χ3v) is 2.95. The average Bonchev–Trinajstić information content (AvgIpc) is 2.32. The van der Waals surface area contributed by atoms with Gasteiger partial charge in [-0.05, 0) is 36.5 Å². The molecule has 2 N–H and O–H groups in total. The zero-order valence-corrected chi connectivity index (χ0v) is 11.4. The summed E-state index contributed by atoms with van der Waals surface area (Å²) in [6.45, 7) is 6.16. The van der Waals surface area contributed by atoms with Crippen LogP contribution in [0.25, 0.3) is 0 Å². The van der Waals surface area contributed by atoms with Crippen LogP contribution in [0.15, 0.2) is 24.3 Å². The van der Waals surface area contributed by atoms with Gasteiger partial charge in [0.05, 0.1) is 12.5 Å². The monoisotopic (exact) mass is 249 g/mol. The predicted octanol–water partition coefficient (Wildman–Crippen LogP) is 2.84. The van der Waals surface area contributed by atoms with Crippen molar-refractivity contribution in [3.63, 3.8) is 0 Å². The first-order valence-corrected chi connectivity index (χ1v) is 6.57. The fraction of sp³-hybridized carbons (Fsp3) is 0.533. The van der Waals surface area contributed by atoms with E-state index >= 15 is 0 Å². The second-order valence-corrected chi connectivity index (χ2v) is 5.07. The quantitative estimate of drug-likeness (QED) is 0.814. The predicted molar refractivity (Wildman–Crippen MR) is 74.5 cm³/mol. The summed E-state index contributed by atoms with van der Waals surface area (Å²) < 4.78 is 0. The van der Waals surface area contributed by atoms with Gasteiger partial charge in [0.15, 0.2) is 0 Å². The zero-order chi connectivity index (χ0) is 13.5. The highest BCUT2D eigenvalue weighted by Crippen LogP contribution is 2.14. The Hall–Kier alpha value is -1.35. The number of hydrogen-bond donors (Lipinski definition) is 2. The van der Waals surface area contributed by atoms with E-state index in [1.54, 1.807) is 0 Å². The molecule has 1 aromatic rings. The molecule has 0 saturated heterocycles. The number of aliphatic hydroxyl groups excluding tert-OH is 1. The van der Waals surface area contributed by atoms with Crippen LogP contribution in [0.5, 0.6) is 0 Å². The maximum atomic E-state index is 11.8. The Kier molecular flexibility index (Phi) is 5.86. The first-order chi connectivity index (χ1) is 8.56. The van der Waals surface area contributed by atoms with Crippen molar-refractivity contribution in [1.82, 2.24) is 0 Å². The molecule has 1 rings (SSSR count). The maximum Gasteiger partial charge on any atom is 0.229 e. The van der Waals surface area contributed by atoms with E-state index in [2.05, 4.69) is 19.2 Å². The topological polar surface area (TPSA) is 49.3 Å². The molecular weight excluding hydrogens is 226 g/mol. The number of benzene rings is 1. The van der Waals surface area contributed by atoms with Crippen molar-refractivity contribution in [2.24, 2.45) is 11.8 Å². The average molecular weight is 249 g/mol. The minimum absolute atomic E-state index is 0.103. The van der Waals surface area contributed by atoms with Crippen LogP contribution in [0.2, 0.25) is 0 Å². The Morgan fingerprint density at radius 1 is 1.28 bits per heavy atom. The highest BCUT2D eigenvalue weighted by Gasteiger charge is 2.14. The Labute approximate surface area is 109 Å². The molecule has 18 heavy (non-hydrogen) atoms. The summed E-state index contributed by atoms with van der Waals surface area (Å²) in [5.41, 5.74) is 2.07. The third kappa shape index (κ3) is 4.49. The molecule has 1 aromatic carbocycles. The van der Waals surface area contributed by atoms with E-state index < -0.39 is 0 Å². The molecule has 0 aliphatic carbocycles. The summed E-state index contributed by atoms with van der Waals surface area (Å²) in [7, 11) is 0. The van der Waals surface area contributed by atoms with Crippen molar-refractivity contribution in [3.8, 4) is 0 Å². The second-order valence-electron chi connectivity index (χ2n) is 5.07. The molecular formula is C15H23NO2. The molecule has 0 aliphatic heterocycles. The van der Waals surface area contributed by atoms with E-state index in [9.17, 15) is 4.79 Å². The van der Waals surface area contributed by atoms with Crippen LogP contribution < -0.4 is 5.32 Å². The van der Waals surface area contributed by atoms with E-state index in [1.807, 2.05) is 31.2 Å². The molecule has 0 bridgehead atoms. The lowest BCUT2D eigenvalue weighted by Crippen LogP contribution is -2.25. The van der Waals surface area contributed by atoms with Crippen LogP contribution in [0.1, 0.15) is 32.8 Å². The van der Waals surface area contributed by atoms with E-state index in [0.29, 0.717) is 12.3 Å². The molecule has 3 heteroatoms. The van der Waals surface area contributed by atoms with Gasteiger partial charge in [-0.2, -0.15) is 0 Å². The Morgan fingerprint density at radius 2 is 1.89 bits per heavy atom. The number of hydrogen-bond acceptors (Lipinski definition) is 2. The number of nitrogens with one attached hydrogen (secondary N) is 1. The highest BCUT2D eigenvalue weighted by atomic mass is 16.3. The first kappa shape index (κ1) is 14.7. The summed E-state index contributed by atoms with van der Waals surface area (Å²) in [5, 5.41) is 11.9. The maximum absolute atomic E-state index is 11.8. The molecule has 1 amide bonds. The number of aliphatic hydroxyl groups is 1. The first-order valence-electron chi connectivity index (χ1n) is 6.57. The summed E-state index contributed by atoms with van der Waals surface area (Å²) in [6.07, 6.45) is 1.69. The lowest BCUT2D eigenvalue weighted by atomic mass is 10.0. The van der Waals surface area contributed by atoms with E-state index in [-0.39, 0.29) is 18.4 Å². The van der Waals surface area contributed by atoms with Crippen molar-refractivity contribution < 1.29 is 9.90 Å². The number of anilines is 1. The summed E-state index contributed by atoms with van der Waals surface area (Å²) in [4.78, 5) is 11.8. The molecule has 0 aromatic heterocycles. The SMILES string of the molecule is CCC(CO)C(=O)Nc1ccc(CC(C)C)cc1. The fourth-order valence-electron chi connectivity index (χ4n) is 1.84. The van der Waals surface area contributed by atoms with E-state index in [4.69, 9.17) is 5.11 Å². The Balaban J connectivity index is 2.60. The largest absolute Gasteiger partial charge is 0.396 e. The van der Waals surface area contributed by atoms with Crippen molar-refractivity contribution in [2.45, 2.75) is 33.6 Å². The molecule has 0 spiro atoms. The molecule has 3 nitrogen and oxygen atoms in total. The highest BCUT2D eigenvalue weighted by molar-refractivity contribution is 5.92. The summed E-state index contributed by atoms with van der Waals surface area (Å²) >= 11 is 0. The van der Waals surface area contributed by atoms with Crippen LogP contribution in [0, 0.1) is 11.8 Å². The van der Waals surface area contributed by atoms with Gasteiger partial charge in [-0.1, -0.05) is 32.9 Å². The van der Waals surface area contributed by atoms with Gasteiger partial charge in [0.2, 0.25) is 5.91 Å². The molecule has 0 radical (unpaired) electrons. The summed E-state index contributed by atoms with van der Waals surface area (Å²) in [5.74, 6) is 0.196. The molecule has 0 saturated carbocycles. The number of amides is 1. The lowest BCUT2D eigenvalue weighted by Gasteiger charge is -2.12. The van der Waals surface area contributed by atoms with Gasteiger partial charge in [-0.25, -0.2) is 0 Å². The van der Waals surface area contributed by atoms with Crippen molar-refractivity contribution in [2.75, 3.05) is 11.9 Å². The van der Waals surface area contributed by atoms with Gasteiger partial charge in [0.25, 0.3) is 0 Å². The van der Waals surface area contributed by atoms with Gasteiger partial charge < -0.3 is 10.4 Å². The number of rotatable bonds is 6. The Bertz CT molecular complexity index is 367. The molecule has 1 atom stereocenters. The number of carbonyl (C=O) groups excluding carboxylic acids is 1. The molecule has 1 unspecified atom stereocenters. The van der Waals surface area contributed by atoms with Crippen molar-refractivity contribution >= 4 is 11.6 Å². The van der Waals surface area contributed by atoms with Gasteiger partial charge >= 0.3 is 0 Å². The fourth-order valence-corrected chi connectivity index (χ4v) is 1.84. The Morgan fingerprint density at radius 3 is 2.33 bits per heavy atom. The van der Waals surface area contributed by atoms with Crippen LogP contribution in [-0.4, -0.2) is 17.6 Å². The van der Waals surface area contributed by atoms with Crippen LogP contribution in [0.3, 0.4) is 0 Å². The number of carbonyl (C=O) groups is 1. The normalized spacial score (nSPS) is 12.5. The third-order valence-electron chi connectivity index (χ3n) is 2.95. The van der Waals surface area contributed by atoms with Crippen LogP contribution in [0.4, 0.5) is 5.69 Å². The molecule has 0 heterocycles. The smallest absolute Gasteiger partial charge is 0.229 e. The van der Waals surface area contributed by atoms with Gasteiger partial charge in [0, 0.05) is 5.69 Å². The summed E-state index contributed by atoms with van der Waals surface area (Å²) in [6, 6.07) is 7.91. The zero-order valence-electron chi connectivity index (χ0n) is 11.4. The van der Waals surface area contributed by atoms with Gasteiger partial charge in [-0.3, -0.25) is 4.79 Å². The second kappa shape index (κ2) is 7.17. The van der Waals surface area contributed by atoms with Gasteiger partial charge in [0.1, 0.15) is 0 Å². The lowest BCUT2D eigenvalue weighted by molar-refractivity contribution is -0.121. The van der Waals surface area contributed by atoms with Crippen molar-refractivity contribution in [1.29, 1.82) is 0 Å². The standard InChI is InChI=1S/C15H23NO2/c1-4-13(10-17)15(18)16-14-7-5-12(6-8-14)9-11(2)3/h5-8,11,13,17H,4,9-10H2,1-3H3,(H,16,18).